The Labute approximate surface area is 117 Å². The number of aliphatic carboxylic acids is 1. The van der Waals surface area contributed by atoms with Gasteiger partial charge in [-0.05, 0) is 37.1 Å². The average Bonchev–Trinajstić information content (AvgIpc) is 2.88. The summed E-state index contributed by atoms with van der Waals surface area (Å²) < 4.78 is 7.09. The molecule has 0 spiro atoms. The molecule has 106 valence electrons. The Bertz CT molecular complexity index is 632. The smallest absolute Gasteiger partial charge is 0.305 e. The van der Waals surface area contributed by atoms with Crippen LogP contribution in [0, 0.1) is 13.8 Å². The lowest BCUT2D eigenvalue weighted by Crippen LogP contribution is -2.02. The van der Waals surface area contributed by atoms with Gasteiger partial charge in [0.2, 0.25) is 0 Å². The molecular formula is C15H18N2O3. The summed E-state index contributed by atoms with van der Waals surface area (Å²) >= 11 is 0. The van der Waals surface area contributed by atoms with Crippen LogP contribution < -0.4 is 4.74 Å². The van der Waals surface area contributed by atoms with Crippen LogP contribution in [0.2, 0.25) is 0 Å². The van der Waals surface area contributed by atoms with Crippen LogP contribution in [0.1, 0.15) is 17.5 Å². The van der Waals surface area contributed by atoms with Crippen LogP contribution >= 0.6 is 0 Å². The molecule has 1 aromatic carbocycles. The van der Waals surface area contributed by atoms with Gasteiger partial charge in [0.15, 0.2) is 0 Å². The van der Waals surface area contributed by atoms with Crippen LogP contribution in [-0.4, -0.2) is 27.7 Å². The Morgan fingerprint density at radius 1 is 1.35 bits per heavy atom. The predicted molar refractivity (Wildman–Crippen MR) is 75.9 cm³/mol. The summed E-state index contributed by atoms with van der Waals surface area (Å²) in [6.07, 6.45) is 3.63. The van der Waals surface area contributed by atoms with Crippen molar-refractivity contribution in [3.05, 3.63) is 35.8 Å². The molecule has 0 atom stereocenters. The van der Waals surface area contributed by atoms with E-state index in [0.717, 1.165) is 28.1 Å². The summed E-state index contributed by atoms with van der Waals surface area (Å²) in [5.74, 6) is 0.0493. The first-order valence-electron chi connectivity index (χ1n) is 6.41. The molecule has 0 aliphatic rings. The largest absolute Gasteiger partial charge is 0.496 e. The molecule has 0 fully saturated rings. The minimum Gasteiger partial charge on any atom is -0.496 e. The van der Waals surface area contributed by atoms with E-state index in [4.69, 9.17) is 9.84 Å². The molecule has 0 bridgehead atoms. The van der Waals surface area contributed by atoms with Gasteiger partial charge in [-0.2, -0.15) is 0 Å². The third-order valence-corrected chi connectivity index (χ3v) is 3.45. The molecule has 0 radical (unpaired) electrons. The molecule has 5 heteroatoms. The number of imidazole rings is 1. The Hall–Kier alpha value is -2.30. The summed E-state index contributed by atoms with van der Waals surface area (Å²) in [5.41, 5.74) is 4.09. The van der Waals surface area contributed by atoms with Crippen molar-refractivity contribution in [3.8, 4) is 17.0 Å². The van der Waals surface area contributed by atoms with Crippen molar-refractivity contribution >= 4 is 5.97 Å². The summed E-state index contributed by atoms with van der Waals surface area (Å²) in [6.45, 7) is 4.47. The van der Waals surface area contributed by atoms with Crippen LogP contribution in [-0.2, 0) is 11.3 Å². The fraction of sp³-hybridized carbons (Fsp3) is 0.333. The zero-order valence-corrected chi connectivity index (χ0v) is 11.9. The van der Waals surface area contributed by atoms with E-state index in [1.807, 2.05) is 32.2 Å². The Morgan fingerprint density at radius 2 is 2.10 bits per heavy atom. The van der Waals surface area contributed by atoms with Crippen molar-refractivity contribution in [1.82, 2.24) is 9.55 Å². The second kappa shape index (κ2) is 5.77. The van der Waals surface area contributed by atoms with Crippen molar-refractivity contribution in [2.45, 2.75) is 26.8 Å². The SMILES string of the molecule is COc1ccc(-c2cn(CCC(=O)O)cn2)c(C)c1C. The summed E-state index contributed by atoms with van der Waals surface area (Å²) in [7, 11) is 1.65. The quantitative estimate of drug-likeness (QED) is 0.910. The van der Waals surface area contributed by atoms with E-state index >= 15 is 0 Å². The van der Waals surface area contributed by atoms with E-state index in [9.17, 15) is 4.79 Å². The van der Waals surface area contributed by atoms with E-state index in [0.29, 0.717) is 6.54 Å². The lowest BCUT2D eigenvalue weighted by Gasteiger charge is -2.11. The third kappa shape index (κ3) is 2.82. The first kappa shape index (κ1) is 14.1. The monoisotopic (exact) mass is 274 g/mol. The molecule has 1 heterocycles. The van der Waals surface area contributed by atoms with Gasteiger partial charge in [0, 0.05) is 18.3 Å². The Kier molecular flexibility index (Phi) is 4.08. The third-order valence-electron chi connectivity index (χ3n) is 3.45. The number of aryl methyl sites for hydroxylation is 1. The highest BCUT2D eigenvalue weighted by Gasteiger charge is 2.11. The second-order valence-corrected chi connectivity index (χ2v) is 4.71. The molecule has 0 aliphatic carbocycles. The van der Waals surface area contributed by atoms with Gasteiger partial charge in [-0.3, -0.25) is 4.79 Å². The number of nitrogens with zero attached hydrogens (tertiary/aromatic N) is 2. The molecule has 0 amide bonds. The standard InChI is InChI=1S/C15H18N2O3/c1-10-11(2)14(20-3)5-4-12(10)13-8-17(9-16-13)7-6-15(18)19/h4-5,8-9H,6-7H2,1-3H3,(H,18,19). The fourth-order valence-corrected chi connectivity index (χ4v) is 2.14. The maximum atomic E-state index is 10.6. The molecule has 0 unspecified atom stereocenters. The first-order valence-corrected chi connectivity index (χ1v) is 6.41. The molecule has 5 nitrogen and oxygen atoms in total. The minimum absolute atomic E-state index is 0.0937. The number of hydrogen-bond acceptors (Lipinski definition) is 3. The molecule has 2 rings (SSSR count). The number of rotatable bonds is 5. The van der Waals surface area contributed by atoms with E-state index in [1.54, 1.807) is 18.0 Å². The zero-order chi connectivity index (χ0) is 14.7. The van der Waals surface area contributed by atoms with Crippen LogP contribution in [0.25, 0.3) is 11.3 Å². The molecular weight excluding hydrogens is 256 g/mol. The van der Waals surface area contributed by atoms with Gasteiger partial charge in [-0.15, -0.1) is 0 Å². The molecule has 1 N–H and O–H groups in total. The minimum atomic E-state index is -0.809. The van der Waals surface area contributed by atoms with Crippen LogP contribution in [0.3, 0.4) is 0 Å². The summed E-state index contributed by atoms with van der Waals surface area (Å²) in [5, 5.41) is 8.69. The number of ether oxygens (including phenoxy) is 1. The molecule has 0 saturated carbocycles. The van der Waals surface area contributed by atoms with Gasteiger partial charge in [0.1, 0.15) is 5.75 Å². The number of hydrogen-bond donors (Lipinski definition) is 1. The van der Waals surface area contributed by atoms with Gasteiger partial charge >= 0.3 is 5.97 Å². The number of aromatic nitrogens is 2. The zero-order valence-electron chi connectivity index (χ0n) is 11.9. The maximum Gasteiger partial charge on any atom is 0.305 e. The number of carbonyl (C=O) groups is 1. The number of methoxy groups -OCH3 is 1. The average molecular weight is 274 g/mol. The van der Waals surface area contributed by atoms with Gasteiger partial charge in [-0.1, -0.05) is 0 Å². The summed E-state index contributed by atoms with van der Waals surface area (Å²) in [6, 6.07) is 3.90. The van der Waals surface area contributed by atoms with Gasteiger partial charge < -0.3 is 14.4 Å². The van der Waals surface area contributed by atoms with Gasteiger partial charge in [-0.25, -0.2) is 4.98 Å². The summed E-state index contributed by atoms with van der Waals surface area (Å²) in [4.78, 5) is 14.9. The first-order chi connectivity index (χ1) is 9.52. The van der Waals surface area contributed by atoms with Gasteiger partial charge in [0.25, 0.3) is 0 Å². The van der Waals surface area contributed by atoms with Crippen molar-refractivity contribution in [3.63, 3.8) is 0 Å². The van der Waals surface area contributed by atoms with E-state index in [-0.39, 0.29) is 6.42 Å². The van der Waals surface area contributed by atoms with Crippen molar-refractivity contribution in [2.24, 2.45) is 0 Å². The van der Waals surface area contributed by atoms with Crippen molar-refractivity contribution in [2.75, 3.05) is 7.11 Å². The van der Waals surface area contributed by atoms with Crippen LogP contribution in [0.4, 0.5) is 0 Å². The molecule has 20 heavy (non-hydrogen) atoms. The molecule has 0 saturated heterocycles. The second-order valence-electron chi connectivity index (χ2n) is 4.71. The van der Waals surface area contributed by atoms with E-state index < -0.39 is 5.97 Å². The lowest BCUT2D eigenvalue weighted by molar-refractivity contribution is -0.137. The van der Waals surface area contributed by atoms with Crippen LogP contribution in [0.5, 0.6) is 5.75 Å². The van der Waals surface area contributed by atoms with Crippen molar-refractivity contribution in [1.29, 1.82) is 0 Å². The highest BCUT2D eigenvalue weighted by Crippen LogP contribution is 2.29. The predicted octanol–water partition coefficient (Wildman–Crippen LogP) is 2.65. The molecule has 0 aliphatic heterocycles. The highest BCUT2D eigenvalue weighted by atomic mass is 16.5. The molecule has 1 aromatic heterocycles. The van der Waals surface area contributed by atoms with Gasteiger partial charge in [0.05, 0.1) is 25.6 Å². The lowest BCUT2D eigenvalue weighted by atomic mass is 10.0. The fourth-order valence-electron chi connectivity index (χ4n) is 2.14. The number of carboxylic acids is 1. The van der Waals surface area contributed by atoms with E-state index in [1.165, 1.54) is 0 Å². The topological polar surface area (TPSA) is 64.3 Å². The molecule has 2 aromatic rings. The Morgan fingerprint density at radius 3 is 2.75 bits per heavy atom. The highest BCUT2D eigenvalue weighted by molar-refractivity contribution is 5.67. The van der Waals surface area contributed by atoms with Crippen molar-refractivity contribution < 1.29 is 14.6 Å². The normalized spacial score (nSPS) is 10.6. The van der Waals surface area contributed by atoms with E-state index in [2.05, 4.69) is 4.98 Å². The Balaban J connectivity index is 2.28. The number of benzene rings is 1. The maximum absolute atomic E-state index is 10.6. The number of carboxylic acid groups (broad SMARTS) is 1. The van der Waals surface area contributed by atoms with Crippen LogP contribution in [0.15, 0.2) is 24.7 Å².